The predicted octanol–water partition coefficient (Wildman–Crippen LogP) is 12.7. The molecule has 0 saturated heterocycles. The summed E-state index contributed by atoms with van der Waals surface area (Å²) in [6.45, 7) is 0.174. The number of methoxy groups -OCH3 is 1. The standard InChI is InChI=1S/C25H19F2NO4.2C19H15F2NO4/c26-16-6-8-19(22(27)10-16)24(29)12-20(25(30)31)21-13-28-23-11-17(7-9-18(21)23)32-14-15-4-2-1-3-5-15;1-26-17-4-2-3-11-14(9-22-18(11)17)13(19(24)25)8-16(23)12-6-5-10(20)7-15(12)21;20-11-2-3-12(16(21)6-11)18(24)7-14(19(25)26)15-8-22-17-4-1-10(9-23)5-13(15)17/h1-11,13,20,28H,12,14H2,(H,30,31);2-7,9,13,22H,8H2,1H3,(H,24,25);1-6,8,14,22-23H,7,9H2,(H,25,26). The normalized spacial score (nSPS) is 12.1. The van der Waals surface area contributed by atoms with Crippen molar-refractivity contribution < 1.29 is 85.0 Å². The van der Waals surface area contributed by atoms with Gasteiger partial charge in [0.25, 0.3) is 0 Å². The summed E-state index contributed by atoms with van der Waals surface area (Å²) >= 11 is 0. The van der Waals surface area contributed by atoms with Crippen molar-refractivity contribution in [2.45, 2.75) is 50.2 Å². The van der Waals surface area contributed by atoms with E-state index in [1.54, 1.807) is 54.6 Å². The Morgan fingerprint density at radius 3 is 1.42 bits per heavy atom. The molecule has 0 saturated carbocycles. The van der Waals surface area contributed by atoms with Crippen LogP contribution in [0.15, 0.2) is 158 Å². The van der Waals surface area contributed by atoms with Crippen LogP contribution in [0.5, 0.6) is 11.5 Å². The highest BCUT2D eigenvalue weighted by Gasteiger charge is 2.31. The van der Waals surface area contributed by atoms with Gasteiger partial charge in [-0.15, -0.1) is 0 Å². The van der Waals surface area contributed by atoms with Gasteiger partial charge in [-0.3, -0.25) is 28.8 Å². The van der Waals surface area contributed by atoms with E-state index in [9.17, 15) is 75.5 Å². The number of aliphatic carboxylic acids is 3. The zero-order valence-electron chi connectivity index (χ0n) is 44.1. The summed E-state index contributed by atoms with van der Waals surface area (Å²) in [5, 5.41) is 40.0. The molecule has 0 aliphatic carbocycles. The number of aliphatic hydroxyl groups excluding tert-OH is 1. The van der Waals surface area contributed by atoms with Gasteiger partial charge in [-0.1, -0.05) is 48.5 Å². The summed E-state index contributed by atoms with van der Waals surface area (Å²) in [5.74, 6) is -13.8. The fourth-order valence-corrected chi connectivity index (χ4v) is 9.45. The topological polar surface area (TPSA) is 249 Å². The molecule has 0 aliphatic rings. The van der Waals surface area contributed by atoms with Crippen LogP contribution < -0.4 is 9.47 Å². The lowest BCUT2D eigenvalue weighted by Gasteiger charge is -2.12. The van der Waals surface area contributed by atoms with Gasteiger partial charge in [0.2, 0.25) is 0 Å². The van der Waals surface area contributed by atoms with Crippen LogP contribution in [-0.4, -0.2) is 77.7 Å². The Hall–Kier alpha value is -10.3. The number of para-hydroxylation sites is 1. The van der Waals surface area contributed by atoms with Crippen molar-refractivity contribution in [2.24, 2.45) is 0 Å². The summed E-state index contributed by atoms with van der Waals surface area (Å²) in [6.07, 6.45) is 3.12. The quantitative estimate of drug-likeness (QED) is 0.0278. The monoisotopic (exact) mass is 1150 g/mol. The number of hydrogen-bond donors (Lipinski definition) is 7. The van der Waals surface area contributed by atoms with E-state index in [0.29, 0.717) is 91.3 Å². The number of ketones is 3. The highest BCUT2D eigenvalue weighted by molar-refractivity contribution is 6.03. The molecule has 21 heteroatoms. The first kappa shape index (κ1) is 59.8. The number of benzene rings is 7. The maximum Gasteiger partial charge on any atom is 0.311 e. The van der Waals surface area contributed by atoms with Crippen LogP contribution >= 0.6 is 0 Å². The summed E-state index contributed by atoms with van der Waals surface area (Å²) in [7, 11) is 1.49. The van der Waals surface area contributed by atoms with E-state index >= 15 is 0 Å². The number of hydrogen-bond acceptors (Lipinski definition) is 9. The van der Waals surface area contributed by atoms with Crippen LogP contribution in [0, 0.1) is 34.9 Å². The molecule has 0 fully saturated rings. The van der Waals surface area contributed by atoms with Crippen molar-refractivity contribution in [3.63, 3.8) is 0 Å². The van der Waals surface area contributed by atoms with E-state index in [2.05, 4.69) is 15.0 Å². The van der Waals surface area contributed by atoms with Crippen LogP contribution in [0.25, 0.3) is 32.7 Å². The van der Waals surface area contributed by atoms with Crippen LogP contribution in [0.4, 0.5) is 26.3 Å². The number of carbonyl (C=O) groups is 6. The Morgan fingerprint density at radius 1 is 0.464 bits per heavy atom. The molecular weight excluding hydrogens is 1100 g/mol. The molecule has 7 aromatic carbocycles. The van der Waals surface area contributed by atoms with Crippen LogP contribution in [0.2, 0.25) is 0 Å². The SMILES string of the molecule is COc1cccc2c(C(CC(=O)c3ccc(F)cc3F)C(=O)O)c[nH]c12.O=C(CC(C(=O)O)c1c[nH]c2cc(OCc3ccccc3)ccc12)c1ccc(F)cc1F.O=C(CC(C(=O)O)c1c[nH]c2ccc(CO)cc12)c1ccc(F)cc1F. The number of H-pyrrole nitrogens is 3. The van der Waals surface area contributed by atoms with Gasteiger partial charge in [0.05, 0.1) is 53.7 Å². The summed E-state index contributed by atoms with van der Waals surface area (Å²) in [4.78, 5) is 81.6. The summed E-state index contributed by atoms with van der Waals surface area (Å²) < 4.78 is 91.7. The molecule has 430 valence electrons. The number of aromatic amines is 3. The number of nitrogens with one attached hydrogen (secondary N) is 3. The van der Waals surface area contributed by atoms with Gasteiger partial charge in [-0.2, -0.15) is 0 Å². The molecule has 3 heterocycles. The first-order valence-corrected chi connectivity index (χ1v) is 25.5. The van der Waals surface area contributed by atoms with Crippen molar-refractivity contribution in [1.29, 1.82) is 0 Å². The van der Waals surface area contributed by atoms with Crippen molar-refractivity contribution in [2.75, 3.05) is 7.11 Å². The molecule has 3 aromatic heterocycles. The molecule has 15 nitrogen and oxygen atoms in total. The Bertz CT molecular complexity index is 4020. The number of fused-ring (bicyclic) bond motifs is 3. The van der Waals surface area contributed by atoms with Crippen molar-refractivity contribution in [3.8, 4) is 11.5 Å². The van der Waals surface area contributed by atoms with E-state index in [0.717, 1.165) is 42.0 Å². The number of aromatic nitrogens is 3. The Kier molecular flexibility index (Phi) is 18.9. The van der Waals surface area contributed by atoms with Crippen molar-refractivity contribution in [3.05, 3.63) is 238 Å². The number of carbonyl (C=O) groups excluding carboxylic acids is 3. The molecular formula is C63H49F6N3O12. The zero-order chi connectivity index (χ0) is 60.4. The third kappa shape index (κ3) is 13.9. The molecule has 10 rings (SSSR count). The molecule has 0 aliphatic heterocycles. The molecule has 3 unspecified atom stereocenters. The molecule has 0 radical (unpaired) electrons. The summed E-state index contributed by atoms with van der Waals surface area (Å²) in [6, 6.07) is 32.7. The van der Waals surface area contributed by atoms with E-state index < -0.39 is 107 Å². The number of rotatable bonds is 20. The first-order chi connectivity index (χ1) is 40.2. The van der Waals surface area contributed by atoms with Gasteiger partial charge >= 0.3 is 17.9 Å². The number of halogens is 6. The number of carboxylic acid groups (broad SMARTS) is 3. The minimum atomic E-state index is -1.24. The van der Waals surface area contributed by atoms with Gasteiger partial charge in [0, 0.05) is 89.3 Å². The number of Topliss-reactive ketones (excluding diaryl/α,β-unsaturated/α-hetero) is 3. The van der Waals surface area contributed by atoms with E-state index in [1.165, 1.54) is 25.7 Å². The maximum atomic E-state index is 14.0. The van der Waals surface area contributed by atoms with Gasteiger partial charge in [0.15, 0.2) is 17.3 Å². The third-order valence-electron chi connectivity index (χ3n) is 13.7. The van der Waals surface area contributed by atoms with E-state index in [-0.39, 0.29) is 23.3 Å². The van der Waals surface area contributed by atoms with Crippen molar-refractivity contribution >= 4 is 68.0 Å². The maximum absolute atomic E-state index is 14.0. The lowest BCUT2D eigenvalue weighted by atomic mass is 9.91. The molecule has 0 bridgehead atoms. The summed E-state index contributed by atoms with van der Waals surface area (Å²) in [5.41, 5.74) is 3.64. The minimum absolute atomic E-state index is 0.210. The Morgan fingerprint density at radius 2 is 0.940 bits per heavy atom. The number of ether oxygens (including phenoxy) is 2. The minimum Gasteiger partial charge on any atom is -0.495 e. The lowest BCUT2D eigenvalue weighted by molar-refractivity contribution is -0.139. The molecule has 10 aromatic rings. The highest BCUT2D eigenvalue weighted by atomic mass is 19.2. The van der Waals surface area contributed by atoms with Gasteiger partial charge in [-0.05, 0) is 94.5 Å². The average molecular weight is 1150 g/mol. The zero-order valence-corrected chi connectivity index (χ0v) is 44.1. The predicted molar refractivity (Wildman–Crippen MR) is 295 cm³/mol. The van der Waals surface area contributed by atoms with Crippen molar-refractivity contribution in [1.82, 2.24) is 15.0 Å². The molecule has 84 heavy (non-hydrogen) atoms. The second-order valence-electron chi connectivity index (χ2n) is 19.1. The second kappa shape index (κ2) is 26.5. The molecule has 3 atom stereocenters. The van der Waals surface area contributed by atoms with E-state index in [4.69, 9.17) is 9.47 Å². The van der Waals surface area contributed by atoms with Gasteiger partial charge in [0.1, 0.15) is 53.0 Å². The number of carboxylic acids is 3. The third-order valence-corrected chi connectivity index (χ3v) is 13.7. The lowest BCUT2D eigenvalue weighted by Crippen LogP contribution is -2.17. The van der Waals surface area contributed by atoms with Crippen LogP contribution in [-0.2, 0) is 27.6 Å². The van der Waals surface area contributed by atoms with Crippen LogP contribution in [0.1, 0.15) is 95.9 Å². The second-order valence-corrected chi connectivity index (χ2v) is 19.1. The fourth-order valence-electron chi connectivity index (χ4n) is 9.45. The number of aliphatic hydroxyl groups is 1. The van der Waals surface area contributed by atoms with Crippen LogP contribution in [0.3, 0.4) is 0 Å². The molecule has 0 amide bonds. The van der Waals surface area contributed by atoms with Gasteiger partial charge < -0.3 is 44.9 Å². The first-order valence-electron chi connectivity index (χ1n) is 25.5. The average Bonchev–Trinajstić information content (AvgIpc) is 4.08. The largest absolute Gasteiger partial charge is 0.495 e. The molecule has 7 N–H and O–H groups in total. The highest BCUT2D eigenvalue weighted by Crippen LogP contribution is 2.36. The molecule has 0 spiro atoms. The van der Waals surface area contributed by atoms with Gasteiger partial charge in [-0.25, -0.2) is 26.3 Å². The smallest absolute Gasteiger partial charge is 0.311 e. The fraction of sp³-hybridized carbons (Fsp3) is 0.143. The Balaban J connectivity index is 0.000000166. The van der Waals surface area contributed by atoms with E-state index in [1.807, 2.05) is 30.3 Å². The Labute approximate surface area is 472 Å².